The van der Waals surface area contributed by atoms with E-state index in [0.717, 1.165) is 26.2 Å². The van der Waals surface area contributed by atoms with Crippen LogP contribution in [0.1, 0.15) is 24.2 Å². The maximum Gasteiger partial charge on any atom is 0.341 e. The zero-order valence-electron chi connectivity index (χ0n) is 10.7. The predicted molar refractivity (Wildman–Crippen MR) is 67.9 cm³/mol. The Hall–Kier alpha value is -1.69. The minimum absolute atomic E-state index is 0.176. The SMILES string of the molecule is CC(C)N1CCN(c2ncncc2C(=O)O)CC1. The van der Waals surface area contributed by atoms with Crippen LogP contribution in [0.4, 0.5) is 5.82 Å². The molecule has 1 aliphatic rings. The van der Waals surface area contributed by atoms with Gasteiger partial charge in [-0.15, -0.1) is 0 Å². The fourth-order valence-electron chi connectivity index (χ4n) is 2.18. The number of carboxylic acid groups (broad SMARTS) is 1. The molecule has 0 spiro atoms. The number of hydrogen-bond acceptors (Lipinski definition) is 5. The van der Waals surface area contributed by atoms with Gasteiger partial charge >= 0.3 is 5.97 Å². The summed E-state index contributed by atoms with van der Waals surface area (Å²) < 4.78 is 0. The summed E-state index contributed by atoms with van der Waals surface area (Å²) in [6, 6.07) is 0.525. The highest BCUT2D eigenvalue weighted by Gasteiger charge is 2.23. The van der Waals surface area contributed by atoms with Gasteiger partial charge in [-0.3, -0.25) is 4.90 Å². The van der Waals surface area contributed by atoms with E-state index in [9.17, 15) is 4.79 Å². The van der Waals surface area contributed by atoms with Crippen LogP contribution in [0.3, 0.4) is 0 Å². The van der Waals surface area contributed by atoms with Crippen molar-refractivity contribution >= 4 is 11.8 Å². The van der Waals surface area contributed by atoms with Crippen molar-refractivity contribution in [2.24, 2.45) is 0 Å². The number of carbonyl (C=O) groups is 1. The molecule has 98 valence electrons. The van der Waals surface area contributed by atoms with Crippen molar-refractivity contribution in [3.63, 3.8) is 0 Å². The standard InChI is InChI=1S/C12H18N4O2/c1-9(2)15-3-5-16(6-4-15)11-10(12(17)18)7-13-8-14-11/h7-9H,3-6H2,1-2H3,(H,17,18). The third-order valence-electron chi connectivity index (χ3n) is 3.27. The first-order valence-electron chi connectivity index (χ1n) is 6.12. The van der Waals surface area contributed by atoms with Gasteiger partial charge in [-0.2, -0.15) is 0 Å². The van der Waals surface area contributed by atoms with Gasteiger partial charge in [-0.25, -0.2) is 14.8 Å². The number of anilines is 1. The van der Waals surface area contributed by atoms with E-state index in [1.54, 1.807) is 0 Å². The Kier molecular flexibility index (Phi) is 3.76. The lowest BCUT2D eigenvalue weighted by atomic mass is 10.2. The van der Waals surface area contributed by atoms with Crippen LogP contribution in [-0.4, -0.2) is 58.2 Å². The van der Waals surface area contributed by atoms with Crippen LogP contribution in [0.5, 0.6) is 0 Å². The van der Waals surface area contributed by atoms with E-state index < -0.39 is 5.97 Å². The van der Waals surface area contributed by atoms with E-state index in [-0.39, 0.29) is 5.56 Å². The van der Waals surface area contributed by atoms with Gasteiger partial charge in [0, 0.05) is 38.4 Å². The highest BCUT2D eigenvalue weighted by atomic mass is 16.4. The lowest BCUT2D eigenvalue weighted by molar-refractivity contribution is 0.0696. The van der Waals surface area contributed by atoms with Crippen LogP contribution in [0.15, 0.2) is 12.5 Å². The molecular formula is C12H18N4O2. The van der Waals surface area contributed by atoms with E-state index in [1.165, 1.54) is 12.5 Å². The van der Waals surface area contributed by atoms with E-state index in [1.807, 2.05) is 4.90 Å². The number of carboxylic acids is 1. The fraction of sp³-hybridized carbons (Fsp3) is 0.583. The number of hydrogen-bond donors (Lipinski definition) is 1. The van der Waals surface area contributed by atoms with Gasteiger partial charge in [0.05, 0.1) is 0 Å². The largest absolute Gasteiger partial charge is 0.477 e. The van der Waals surface area contributed by atoms with Gasteiger partial charge in [0.1, 0.15) is 17.7 Å². The first kappa shape index (κ1) is 12.8. The summed E-state index contributed by atoms with van der Waals surface area (Å²) in [6.45, 7) is 7.80. The number of nitrogens with zero attached hydrogens (tertiary/aromatic N) is 4. The molecule has 0 atom stereocenters. The number of piperazine rings is 1. The van der Waals surface area contributed by atoms with E-state index >= 15 is 0 Å². The van der Waals surface area contributed by atoms with Crippen molar-refractivity contribution in [2.45, 2.75) is 19.9 Å². The maximum atomic E-state index is 11.1. The quantitative estimate of drug-likeness (QED) is 0.852. The van der Waals surface area contributed by atoms with E-state index in [4.69, 9.17) is 5.11 Å². The molecule has 1 N–H and O–H groups in total. The molecule has 1 saturated heterocycles. The van der Waals surface area contributed by atoms with Crippen molar-refractivity contribution in [3.05, 3.63) is 18.1 Å². The number of aromatic carboxylic acids is 1. The lowest BCUT2D eigenvalue weighted by Crippen LogP contribution is -2.49. The Morgan fingerprint density at radius 3 is 2.56 bits per heavy atom. The van der Waals surface area contributed by atoms with Gasteiger partial charge < -0.3 is 10.0 Å². The van der Waals surface area contributed by atoms with Crippen molar-refractivity contribution in [1.82, 2.24) is 14.9 Å². The molecule has 0 bridgehead atoms. The molecule has 1 fully saturated rings. The number of aromatic nitrogens is 2. The summed E-state index contributed by atoms with van der Waals surface area (Å²) in [5, 5.41) is 9.12. The fourth-order valence-corrected chi connectivity index (χ4v) is 2.18. The molecule has 18 heavy (non-hydrogen) atoms. The van der Waals surface area contributed by atoms with Crippen molar-refractivity contribution in [3.8, 4) is 0 Å². The van der Waals surface area contributed by atoms with Gasteiger partial charge in [0.2, 0.25) is 0 Å². The predicted octanol–water partition coefficient (Wildman–Crippen LogP) is 0.705. The van der Waals surface area contributed by atoms with Crippen LogP contribution >= 0.6 is 0 Å². The van der Waals surface area contributed by atoms with Crippen molar-refractivity contribution in [1.29, 1.82) is 0 Å². The summed E-state index contributed by atoms with van der Waals surface area (Å²) in [5.41, 5.74) is 0.176. The molecule has 2 heterocycles. The highest BCUT2D eigenvalue weighted by Crippen LogP contribution is 2.18. The second-order valence-electron chi connectivity index (χ2n) is 4.68. The van der Waals surface area contributed by atoms with Crippen molar-refractivity contribution < 1.29 is 9.90 Å². The van der Waals surface area contributed by atoms with Gasteiger partial charge in [0.25, 0.3) is 0 Å². The Labute approximate surface area is 106 Å². The third-order valence-corrected chi connectivity index (χ3v) is 3.27. The average molecular weight is 250 g/mol. The molecule has 0 aromatic carbocycles. The van der Waals surface area contributed by atoms with Crippen molar-refractivity contribution in [2.75, 3.05) is 31.1 Å². The first-order chi connectivity index (χ1) is 8.59. The zero-order valence-corrected chi connectivity index (χ0v) is 10.7. The lowest BCUT2D eigenvalue weighted by Gasteiger charge is -2.37. The van der Waals surface area contributed by atoms with Gasteiger partial charge in [-0.1, -0.05) is 0 Å². The van der Waals surface area contributed by atoms with E-state index in [0.29, 0.717) is 11.9 Å². The number of rotatable bonds is 3. The van der Waals surface area contributed by atoms with Crippen LogP contribution in [-0.2, 0) is 0 Å². The Morgan fingerprint density at radius 1 is 1.33 bits per heavy atom. The zero-order chi connectivity index (χ0) is 13.1. The Bertz CT molecular complexity index is 428. The molecule has 0 amide bonds. The molecule has 0 unspecified atom stereocenters. The second-order valence-corrected chi connectivity index (χ2v) is 4.68. The molecule has 6 nitrogen and oxygen atoms in total. The third kappa shape index (κ3) is 2.59. The minimum Gasteiger partial charge on any atom is -0.477 e. The van der Waals surface area contributed by atoms with Crippen LogP contribution in [0, 0.1) is 0 Å². The monoisotopic (exact) mass is 250 g/mol. The Balaban J connectivity index is 2.12. The molecule has 6 heteroatoms. The first-order valence-corrected chi connectivity index (χ1v) is 6.12. The topological polar surface area (TPSA) is 69.6 Å². The second kappa shape index (κ2) is 5.30. The smallest absolute Gasteiger partial charge is 0.341 e. The molecule has 0 radical (unpaired) electrons. The van der Waals surface area contributed by atoms with E-state index in [2.05, 4.69) is 28.7 Å². The summed E-state index contributed by atoms with van der Waals surface area (Å²) >= 11 is 0. The molecular weight excluding hydrogens is 232 g/mol. The summed E-state index contributed by atoms with van der Waals surface area (Å²) in [5.74, 6) is -0.446. The molecule has 1 aliphatic heterocycles. The minimum atomic E-state index is -0.975. The normalized spacial score (nSPS) is 17.2. The molecule has 2 rings (SSSR count). The van der Waals surface area contributed by atoms with Crippen LogP contribution in [0.2, 0.25) is 0 Å². The van der Waals surface area contributed by atoms with Gasteiger partial charge in [0.15, 0.2) is 0 Å². The molecule has 1 aromatic heterocycles. The van der Waals surface area contributed by atoms with Crippen LogP contribution in [0.25, 0.3) is 0 Å². The Morgan fingerprint density at radius 2 is 2.00 bits per heavy atom. The molecule has 0 aliphatic carbocycles. The summed E-state index contributed by atoms with van der Waals surface area (Å²) in [6.07, 6.45) is 2.76. The maximum absolute atomic E-state index is 11.1. The highest BCUT2D eigenvalue weighted by molar-refractivity contribution is 5.92. The summed E-state index contributed by atoms with van der Waals surface area (Å²) in [7, 11) is 0. The summed E-state index contributed by atoms with van der Waals surface area (Å²) in [4.78, 5) is 23.4. The average Bonchev–Trinajstić information content (AvgIpc) is 2.39. The van der Waals surface area contributed by atoms with Crippen LogP contribution < -0.4 is 4.90 Å². The molecule has 1 aromatic rings. The van der Waals surface area contributed by atoms with Gasteiger partial charge in [-0.05, 0) is 13.8 Å². The molecule has 0 saturated carbocycles.